The molecule has 6 aliphatic rings. The maximum Gasteiger partial charge on any atom is 0.118 e. The van der Waals surface area contributed by atoms with Crippen molar-refractivity contribution >= 4 is 0 Å². The molecule has 13 atom stereocenters. The van der Waals surface area contributed by atoms with E-state index in [1.807, 2.05) is 0 Å². The van der Waals surface area contributed by atoms with Gasteiger partial charge in [0.2, 0.25) is 0 Å². The van der Waals surface area contributed by atoms with E-state index in [4.69, 9.17) is 14.2 Å². The highest BCUT2D eigenvalue weighted by molar-refractivity contribution is 5.37. The first-order valence-electron chi connectivity index (χ1n) is 12.3. The van der Waals surface area contributed by atoms with Crippen LogP contribution in [0.25, 0.3) is 0 Å². The van der Waals surface area contributed by atoms with Gasteiger partial charge in [-0.2, -0.15) is 0 Å². The SMILES string of the molecule is CCN1C[C@]2(COC)CC[C@H](O)[C@]34C1[C@H]([C@H](O)[C@H]23)[C@@]1(O)C[C@H](OC)[C@@]2(O)C[C@@H]4[C@@H]1[C@H]2OC. The molecule has 182 valence electrons. The van der Waals surface area contributed by atoms with Crippen molar-refractivity contribution in [3.63, 3.8) is 0 Å². The van der Waals surface area contributed by atoms with Crippen molar-refractivity contribution in [2.24, 2.45) is 34.5 Å². The Labute approximate surface area is 189 Å². The lowest BCUT2D eigenvalue weighted by atomic mass is 9.43. The van der Waals surface area contributed by atoms with E-state index in [-0.39, 0.29) is 35.6 Å². The quantitative estimate of drug-likeness (QED) is 0.446. The fourth-order valence-electron chi connectivity index (χ4n) is 10.7. The highest BCUT2D eigenvalue weighted by Crippen LogP contribution is 2.79. The van der Waals surface area contributed by atoms with Crippen LogP contribution in [0.15, 0.2) is 0 Å². The molecular weight excluding hydrogens is 414 g/mol. The summed E-state index contributed by atoms with van der Waals surface area (Å²) in [6.45, 7) is 4.22. The molecule has 0 aromatic rings. The van der Waals surface area contributed by atoms with Gasteiger partial charge in [-0.1, -0.05) is 6.92 Å². The molecule has 1 unspecified atom stereocenters. The first kappa shape index (κ1) is 22.2. The smallest absolute Gasteiger partial charge is 0.118 e. The summed E-state index contributed by atoms with van der Waals surface area (Å²) in [5.41, 5.74) is -3.36. The Bertz CT molecular complexity index is 798. The summed E-state index contributed by atoms with van der Waals surface area (Å²) < 4.78 is 17.4. The van der Waals surface area contributed by atoms with Crippen LogP contribution in [0.4, 0.5) is 0 Å². The predicted octanol–water partition coefficient (Wildman–Crippen LogP) is -0.383. The number of methoxy groups -OCH3 is 3. The van der Waals surface area contributed by atoms with E-state index in [9.17, 15) is 20.4 Å². The summed E-state index contributed by atoms with van der Waals surface area (Å²) in [5, 5.41) is 48.2. The minimum atomic E-state index is -1.24. The van der Waals surface area contributed by atoms with Crippen molar-refractivity contribution in [3.8, 4) is 0 Å². The average molecular weight is 454 g/mol. The normalized spacial score (nSPS) is 62.4. The highest BCUT2D eigenvalue weighted by Gasteiger charge is 2.87. The maximum atomic E-state index is 12.5. The van der Waals surface area contributed by atoms with Crippen LogP contribution in [0.5, 0.6) is 0 Å². The van der Waals surface area contributed by atoms with Crippen LogP contribution in [0.2, 0.25) is 0 Å². The molecule has 8 nitrogen and oxygen atoms in total. The Morgan fingerprint density at radius 3 is 2.38 bits per heavy atom. The number of nitrogens with zero attached hydrogens (tertiary/aromatic N) is 1. The fraction of sp³-hybridized carbons (Fsp3) is 1.00. The first-order valence-corrected chi connectivity index (χ1v) is 12.3. The summed E-state index contributed by atoms with van der Waals surface area (Å²) in [6, 6.07) is -0.144. The summed E-state index contributed by atoms with van der Waals surface area (Å²) in [6.07, 6.45) is -0.419. The van der Waals surface area contributed by atoms with Gasteiger partial charge >= 0.3 is 0 Å². The third-order valence-electron chi connectivity index (χ3n) is 11.2. The molecule has 8 heteroatoms. The molecule has 6 rings (SSSR count). The zero-order valence-corrected chi connectivity index (χ0v) is 19.6. The lowest BCUT2D eigenvalue weighted by Gasteiger charge is -2.68. The Balaban J connectivity index is 1.63. The van der Waals surface area contributed by atoms with Gasteiger partial charge in [0.25, 0.3) is 0 Å². The van der Waals surface area contributed by atoms with Crippen LogP contribution in [-0.4, -0.2) is 108 Å². The lowest BCUT2D eigenvalue weighted by molar-refractivity contribution is -0.283. The third kappa shape index (κ3) is 2.07. The van der Waals surface area contributed by atoms with E-state index in [1.165, 1.54) is 0 Å². The van der Waals surface area contributed by atoms with Gasteiger partial charge in [0.05, 0.1) is 36.6 Å². The second-order valence-electron chi connectivity index (χ2n) is 11.8. The van der Waals surface area contributed by atoms with E-state index in [2.05, 4.69) is 11.8 Å². The Hall–Kier alpha value is -0.320. The zero-order valence-electron chi connectivity index (χ0n) is 19.6. The zero-order chi connectivity index (χ0) is 22.8. The molecule has 0 amide bonds. The van der Waals surface area contributed by atoms with Crippen LogP contribution in [-0.2, 0) is 14.2 Å². The molecule has 0 radical (unpaired) electrons. The molecule has 32 heavy (non-hydrogen) atoms. The van der Waals surface area contributed by atoms with E-state index >= 15 is 0 Å². The second-order valence-corrected chi connectivity index (χ2v) is 11.8. The molecule has 6 fully saturated rings. The molecule has 0 aromatic carbocycles. The largest absolute Gasteiger partial charge is 0.392 e. The number of likely N-dealkylation sites (tertiary alicyclic amines) is 1. The number of hydrogen-bond donors (Lipinski definition) is 4. The Morgan fingerprint density at radius 1 is 1.00 bits per heavy atom. The molecule has 5 saturated carbocycles. The molecule has 1 spiro atoms. The van der Waals surface area contributed by atoms with Crippen molar-refractivity contribution in [1.82, 2.24) is 4.90 Å². The number of piperidine rings is 1. The average Bonchev–Trinajstić information content (AvgIpc) is 3.15. The van der Waals surface area contributed by atoms with Crippen molar-refractivity contribution in [2.45, 2.75) is 74.3 Å². The summed E-state index contributed by atoms with van der Waals surface area (Å²) >= 11 is 0. The molecule has 1 heterocycles. The second kappa shape index (κ2) is 6.66. The van der Waals surface area contributed by atoms with Gasteiger partial charge in [0.15, 0.2) is 0 Å². The van der Waals surface area contributed by atoms with E-state index < -0.39 is 47.0 Å². The van der Waals surface area contributed by atoms with Crippen molar-refractivity contribution in [1.29, 1.82) is 0 Å². The fourth-order valence-corrected chi connectivity index (χ4v) is 10.7. The molecule has 0 aromatic heterocycles. The van der Waals surface area contributed by atoms with Crippen LogP contribution in [0, 0.1) is 34.5 Å². The topological polar surface area (TPSA) is 112 Å². The van der Waals surface area contributed by atoms with Gasteiger partial charge in [-0.15, -0.1) is 0 Å². The van der Waals surface area contributed by atoms with E-state index in [0.29, 0.717) is 19.4 Å². The minimum absolute atomic E-state index is 0.144. The van der Waals surface area contributed by atoms with E-state index in [1.54, 1.807) is 21.3 Å². The maximum absolute atomic E-state index is 12.5. The third-order valence-corrected chi connectivity index (χ3v) is 11.2. The van der Waals surface area contributed by atoms with Gasteiger partial charge in [-0.25, -0.2) is 0 Å². The predicted molar refractivity (Wildman–Crippen MR) is 114 cm³/mol. The molecule has 5 aliphatic carbocycles. The number of aliphatic hydroxyl groups excluding tert-OH is 2. The first-order chi connectivity index (χ1) is 15.2. The van der Waals surface area contributed by atoms with E-state index in [0.717, 1.165) is 19.5 Å². The van der Waals surface area contributed by atoms with Gasteiger partial charge in [-0.05, 0) is 31.7 Å². The molecule has 1 saturated heterocycles. The number of ether oxygens (including phenoxy) is 3. The monoisotopic (exact) mass is 453 g/mol. The number of fused-ring (bicyclic) bond motifs is 2. The Kier molecular flexibility index (Phi) is 4.62. The Morgan fingerprint density at radius 2 is 1.75 bits per heavy atom. The van der Waals surface area contributed by atoms with Gasteiger partial charge in [0, 0.05) is 68.9 Å². The highest BCUT2D eigenvalue weighted by atomic mass is 16.5. The molecule has 1 aliphatic heterocycles. The van der Waals surface area contributed by atoms with Gasteiger partial charge < -0.3 is 34.6 Å². The standard InChI is InChI=1S/C24H39NO7/c1-5-25-10-21(11-30-2)7-6-13(26)24-12-8-22(28)14(31-3)9-23(29,15(12)20(22)32-4)16(19(24)25)17(27)18(21)24/h12-20,26-29H,5-11H2,1-4H3/t12-,13+,14+,15-,16+,17+,18-,19?,20-,21+,22+,23-,24+/m1/s1. The van der Waals surface area contributed by atoms with Crippen molar-refractivity contribution in [2.75, 3.05) is 41.0 Å². The summed E-state index contributed by atoms with van der Waals surface area (Å²) in [4.78, 5) is 2.40. The van der Waals surface area contributed by atoms with Gasteiger partial charge in [-0.3, -0.25) is 4.90 Å². The minimum Gasteiger partial charge on any atom is -0.392 e. The summed E-state index contributed by atoms with van der Waals surface area (Å²) in [7, 11) is 4.87. The van der Waals surface area contributed by atoms with Crippen LogP contribution < -0.4 is 0 Å². The summed E-state index contributed by atoms with van der Waals surface area (Å²) in [5.74, 6) is -1.14. The van der Waals surface area contributed by atoms with Gasteiger partial charge in [0.1, 0.15) is 5.60 Å². The molecule has 7 bridgehead atoms. The molecular formula is C24H39NO7. The van der Waals surface area contributed by atoms with Crippen LogP contribution in [0.3, 0.4) is 0 Å². The number of hydrogen-bond acceptors (Lipinski definition) is 8. The lowest BCUT2D eigenvalue weighted by Crippen LogP contribution is -2.76. The molecule has 4 N–H and O–H groups in total. The number of aliphatic hydroxyl groups is 4. The van der Waals surface area contributed by atoms with Crippen LogP contribution in [0.1, 0.15) is 32.6 Å². The van der Waals surface area contributed by atoms with Crippen LogP contribution >= 0.6 is 0 Å². The number of rotatable bonds is 5. The van der Waals surface area contributed by atoms with Crippen molar-refractivity contribution < 1.29 is 34.6 Å². The van der Waals surface area contributed by atoms with Crippen molar-refractivity contribution in [3.05, 3.63) is 0 Å².